The maximum Gasteiger partial charge on any atom is 0.225 e. The molecule has 2 aliphatic heterocycles. The molecule has 1 fully saturated rings. The summed E-state index contributed by atoms with van der Waals surface area (Å²) in [5.74, 6) is 0.932. The minimum absolute atomic E-state index is 0. The van der Waals surface area contributed by atoms with Gasteiger partial charge in [-0.05, 0) is 30.5 Å². The second-order valence-corrected chi connectivity index (χ2v) is 7.34. The molecule has 2 aliphatic rings. The van der Waals surface area contributed by atoms with Crippen molar-refractivity contribution in [2.24, 2.45) is 0 Å². The summed E-state index contributed by atoms with van der Waals surface area (Å²) < 4.78 is 1.14. The summed E-state index contributed by atoms with van der Waals surface area (Å²) in [7, 11) is 0. The van der Waals surface area contributed by atoms with Crippen molar-refractivity contribution in [3.8, 4) is 0 Å². The molecule has 0 spiro atoms. The summed E-state index contributed by atoms with van der Waals surface area (Å²) in [6.45, 7) is 5.20. The monoisotopic (exact) mass is 408 g/mol. The maximum atomic E-state index is 4.83. The van der Waals surface area contributed by atoms with E-state index < -0.39 is 0 Å². The maximum absolute atomic E-state index is 4.83. The fourth-order valence-corrected chi connectivity index (χ4v) is 3.91. The number of aromatic nitrogens is 2. The van der Waals surface area contributed by atoms with Gasteiger partial charge in [0.25, 0.3) is 0 Å². The standard InChI is InChI=1S/C18H21BrN4.ClH/c19-16-5-3-4-14(10-16)12-22-9-6-17-15(13-22)11-20-18(21-17)23-7-1-2-8-23;/h3-5,10-11H,1-2,6-9,12-13H2;1H. The van der Waals surface area contributed by atoms with Crippen LogP contribution in [0.2, 0.25) is 0 Å². The van der Waals surface area contributed by atoms with E-state index in [0.29, 0.717) is 0 Å². The van der Waals surface area contributed by atoms with Gasteiger partial charge in [0, 0.05) is 55.4 Å². The lowest BCUT2D eigenvalue weighted by molar-refractivity contribution is 0.243. The highest BCUT2D eigenvalue weighted by Crippen LogP contribution is 2.23. The van der Waals surface area contributed by atoms with E-state index in [0.717, 1.165) is 49.6 Å². The summed E-state index contributed by atoms with van der Waals surface area (Å²) >= 11 is 3.55. The topological polar surface area (TPSA) is 32.3 Å². The van der Waals surface area contributed by atoms with Crippen molar-refractivity contribution in [3.05, 3.63) is 51.8 Å². The molecule has 128 valence electrons. The van der Waals surface area contributed by atoms with E-state index in [4.69, 9.17) is 4.98 Å². The molecule has 1 saturated heterocycles. The van der Waals surface area contributed by atoms with E-state index in [1.165, 1.54) is 29.7 Å². The Morgan fingerprint density at radius 2 is 1.96 bits per heavy atom. The zero-order chi connectivity index (χ0) is 15.6. The average molecular weight is 410 g/mol. The molecule has 24 heavy (non-hydrogen) atoms. The van der Waals surface area contributed by atoms with Crippen LogP contribution in [-0.2, 0) is 19.5 Å². The Bertz CT molecular complexity index is 703. The lowest BCUT2D eigenvalue weighted by atomic mass is 10.1. The molecule has 2 aromatic rings. The van der Waals surface area contributed by atoms with Gasteiger partial charge in [-0.25, -0.2) is 9.97 Å². The number of hydrogen-bond donors (Lipinski definition) is 0. The van der Waals surface area contributed by atoms with Gasteiger partial charge in [-0.2, -0.15) is 0 Å². The van der Waals surface area contributed by atoms with E-state index in [1.54, 1.807) is 0 Å². The average Bonchev–Trinajstić information content (AvgIpc) is 3.09. The quantitative estimate of drug-likeness (QED) is 0.771. The predicted octanol–water partition coefficient (Wildman–Crippen LogP) is 3.82. The zero-order valence-electron chi connectivity index (χ0n) is 13.6. The molecule has 3 heterocycles. The number of hydrogen-bond acceptors (Lipinski definition) is 4. The fourth-order valence-electron chi connectivity index (χ4n) is 3.46. The first-order chi connectivity index (χ1) is 11.3. The number of anilines is 1. The largest absolute Gasteiger partial charge is 0.341 e. The van der Waals surface area contributed by atoms with Gasteiger partial charge in [-0.1, -0.05) is 28.1 Å². The second kappa shape index (κ2) is 7.81. The smallest absolute Gasteiger partial charge is 0.225 e. The van der Waals surface area contributed by atoms with Crippen molar-refractivity contribution in [2.45, 2.75) is 32.4 Å². The molecule has 0 atom stereocenters. The van der Waals surface area contributed by atoms with Crippen LogP contribution in [-0.4, -0.2) is 34.5 Å². The van der Waals surface area contributed by atoms with Crippen molar-refractivity contribution in [1.82, 2.24) is 14.9 Å². The molecule has 1 aromatic carbocycles. The highest BCUT2D eigenvalue weighted by molar-refractivity contribution is 9.10. The van der Waals surface area contributed by atoms with E-state index >= 15 is 0 Å². The van der Waals surface area contributed by atoms with Crippen LogP contribution in [0.4, 0.5) is 5.95 Å². The van der Waals surface area contributed by atoms with E-state index in [9.17, 15) is 0 Å². The van der Waals surface area contributed by atoms with E-state index in [1.807, 2.05) is 6.20 Å². The van der Waals surface area contributed by atoms with Gasteiger partial charge in [0.05, 0.1) is 5.69 Å². The lowest BCUT2D eigenvalue weighted by Crippen LogP contribution is -2.31. The molecule has 0 saturated carbocycles. The van der Waals surface area contributed by atoms with Crippen molar-refractivity contribution in [1.29, 1.82) is 0 Å². The number of benzene rings is 1. The first-order valence-corrected chi connectivity index (χ1v) is 9.14. The number of rotatable bonds is 3. The molecule has 0 radical (unpaired) electrons. The van der Waals surface area contributed by atoms with Crippen LogP contribution in [0.1, 0.15) is 29.7 Å². The van der Waals surface area contributed by atoms with Gasteiger partial charge in [0.1, 0.15) is 0 Å². The number of nitrogens with zero attached hydrogens (tertiary/aromatic N) is 4. The van der Waals surface area contributed by atoms with Crippen LogP contribution in [0.15, 0.2) is 34.9 Å². The number of halogens is 2. The van der Waals surface area contributed by atoms with Gasteiger partial charge in [-0.15, -0.1) is 12.4 Å². The van der Waals surface area contributed by atoms with Crippen LogP contribution in [0.25, 0.3) is 0 Å². The van der Waals surface area contributed by atoms with Crippen LogP contribution < -0.4 is 4.90 Å². The van der Waals surface area contributed by atoms with E-state index in [2.05, 4.69) is 55.0 Å². The summed E-state index contributed by atoms with van der Waals surface area (Å²) in [4.78, 5) is 14.2. The highest BCUT2D eigenvalue weighted by Gasteiger charge is 2.21. The van der Waals surface area contributed by atoms with Gasteiger partial charge in [-0.3, -0.25) is 4.90 Å². The Morgan fingerprint density at radius 3 is 2.75 bits per heavy atom. The normalized spacial score (nSPS) is 17.5. The van der Waals surface area contributed by atoms with Crippen molar-refractivity contribution >= 4 is 34.3 Å². The van der Waals surface area contributed by atoms with Gasteiger partial charge < -0.3 is 4.90 Å². The molecule has 0 aliphatic carbocycles. The van der Waals surface area contributed by atoms with Gasteiger partial charge in [0.15, 0.2) is 0 Å². The molecule has 4 rings (SSSR count). The molecule has 6 heteroatoms. The predicted molar refractivity (Wildman–Crippen MR) is 103 cm³/mol. The Morgan fingerprint density at radius 1 is 1.12 bits per heavy atom. The molecule has 0 N–H and O–H groups in total. The van der Waals surface area contributed by atoms with Crippen molar-refractivity contribution in [2.75, 3.05) is 24.5 Å². The third kappa shape index (κ3) is 3.90. The zero-order valence-corrected chi connectivity index (χ0v) is 16.0. The summed E-state index contributed by atoms with van der Waals surface area (Å²) in [5, 5.41) is 0. The SMILES string of the molecule is Brc1cccc(CN2CCc3nc(N4CCCC4)ncc3C2)c1.Cl. The summed E-state index contributed by atoms with van der Waals surface area (Å²) in [6.07, 6.45) is 5.59. The molecule has 0 bridgehead atoms. The van der Waals surface area contributed by atoms with E-state index in [-0.39, 0.29) is 12.4 Å². The van der Waals surface area contributed by atoms with Gasteiger partial charge >= 0.3 is 0 Å². The van der Waals surface area contributed by atoms with Crippen molar-refractivity contribution in [3.63, 3.8) is 0 Å². The Balaban J connectivity index is 0.00000169. The Hall–Kier alpha value is -1.17. The molecule has 1 aromatic heterocycles. The molecule has 0 amide bonds. The lowest BCUT2D eigenvalue weighted by Gasteiger charge is -2.28. The van der Waals surface area contributed by atoms with Crippen LogP contribution in [0.3, 0.4) is 0 Å². The van der Waals surface area contributed by atoms with Crippen LogP contribution >= 0.6 is 28.3 Å². The minimum Gasteiger partial charge on any atom is -0.341 e. The van der Waals surface area contributed by atoms with Crippen LogP contribution in [0.5, 0.6) is 0 Å². The molecular weight excluding hydrogens is 388 g/mol. The summed E-state index contributed by atoms with van der Waals surface area (Å²) in [6, 6.07) is 8.56. The third-order valence-corrected chi connectivity index (χ3v) is 5.18. The van der Waals surface area contributed by atoms with Crippen LogP contribution in [0, 0.1) is 0 Å². The Labute approximate surface area is 157 Å². The molecule has 4 nitrogen and oxygen atoms in total. The molecule has 0 unspecified atom stereocenters. The third-order valence-electron chi connectivity index (χ3n) is 4.68. The first-order valence-electron chi connectivity index (χ1n) is 8.34. The molecular formula is C18H22BrClN4. The fraction of sp³-hybridized carbons (Fsp3) is 0.444. The van der Waals surface area contributed by atoms with Gasteiger partial charge in [0.2, 0.25) is 5.95 Å². The minimum atomic E-state index is 0. The van der Waals surface area contributed by atoms with Crippen molar-refractivity contribution < 1.29 is 0 Å². The highest BCUT2D eigenvalue weighted by atomic mass is 79.9. The first kappa shape index (κ1) is 17.6. The number of fused-ring (bicyclic) bond motifs is 1. The second-order valence-electron chi connectivity index (χ2n) is 6.43. The Kier molecular flexibility index (Phi) is 5.74. The summed E-state index contributed by atoms with van der Waals surface area (Å²) in [5.41, 5.74) is 3.87.